The summed E-state index contributed by atoms with van der Waals surface area (Å²) in [6, 6.07) is 11.6. The van der Waals surface area contributed by atoms with Gasteiger partial charge in [-0.25, -0.2) is 4.98 Å². The first-order valence-electron chi connectivity index (χ1n) is 10.9. The van der Waals surface area contributed by atoms with E-state index >= 15 is 0 Å². The van der Waals surface area contributed by atoms with E-state index < -0.39 is 0 Å². The minimum Gasteiger partial charge on any atom is -0.497 e. The third-order valence-corrected chi connectivity index (χ3v) is 7.42. The lowest BCUT2D eigenvalue weighted by Crippen LogP contribution is -2.32. The highest BCUT2D eigenvalue weighted by molar-refractivity contribution is 7.20. The fourth-order valence-electron chi connectivity index (χ4n) is 4.32. The van der Waals surface area contributed by atoms with E-state index in [2.05, 4.69) is 32.2 Å². The second-order valence-corrected chi connectivity index (χ2v) is 10.5. The van der Waals surface area contributed by atoms with Crippen LogP contribution in [-0.2, 0) is 12.8 Å². The summed E-state index contributed by atoms with van der Waals surface area (Å²) in [4.78, 5) is 19.5. The molecule has 1 aliphatic carbocycles. The molecule has 2 heterocycles. The minimum atomic E-state index is -0.252. The molecule has 31 heavy (non-hydrogen) atoms. The third kappa shape index (κ3) is 4.60. The van der Waals surface area contributed by atoms with Crippen molar-refractivity contribution in [3.8, 4) is 5.75 Å². The van der Waals surface area contributed by atoms with Crippen molar-refractivity contribution in [3.05, 3.63) is 58.1 Å². The van der Waals surface area contributed by atoms with Crippen LogP contribution in [0.15, 0.2) is 36.4 Å². The van der Waals surface area contributed by atoms with E-state index in [0.29, 0.717) is 22.8 Å². The number of carbonyl (C=O) groups excluding carboxylic acids is 1. The average Bonchev–Trinajstić information content (AvgIpc) is 3.17. The van der Waals surface area contributed by atoms with Gasteiger partial charge in [0.05, 0.1) is 18.0 Å². The first-order chi connectivity index (χ1) is 14.8. The summed E-state index contributed by atoms with van der Waals surface area (Å²) in [5.41, 5.74) is 9.74. The maximum atomic E-state index is 13.0. The first kappa shape index (κ1) is 21.8. The number of pyridine rings is 1. The standard InChI is InChI=1S/C25H31N3O2S/c1-25(2,3)18-7-10-20-16(12-18)11-17-13-22(31-24(17)28-20)23(29)27-21(14-26)15-5-8-19(30-4)9-6-15/h5-6,8-9,11,13,18,21H,7,10,12,14,26H2,1-4H3,(H,27,29)/t18?,21-/m1/s1. The van der Waals surface area contributed by atoms with Crippen molar-refractivity contribution in [3.63, 3.8) is 0 Å². The average molecular weight is 438 g/mol. The second kappa shape index (κ2) is 8.60. The Hall–Kier alpha value is -2.44. The summed E-state index contributed by atoms with van der Waals surface area (Å²) in [5, 5.41) is 4.13. The van der Waals surface area contributed by atoms with Gasteiger partial charge < -0.3 is 15.8 Å². The number of amides is 1. The molecular weight excluding hydrogens is 406 g/mol. The van der Waals surface area contributed by atoms with Crippen molar-refractivity contribution in [2.24, 2.45) is 17.1 Å². The number of thiophene rings is 1. The molecule has 0 spiro atoms. The van der Waals surface area contributed by atoms with Crippen molar-refractivity contribution in [1.29, 1.82) is 0 Å². The van der Waals surface area contributed by atoms with Crippen LogP contribution in [0.3, 0.4) is 0 Å². The SMILES string of the molecule is COc1ccc([C@@H](CN)NC(=O)c2cc3cc4c(nc3s2)CCC(C(C)(C)C)C4)cc1. The Morgan fingerprint density at radius 2 is 2.03 bits per heavy atom. The van der Waals surface area contributed by atoms with E-state index in [1.165, 1.54) is 29.0 Å². The number of carbonyl (C=O) groups is 1. The quantitative estimate of drug-likeness (QED) is 0.596. The Balaban J connectivity index is 1.54. The van der Waals surface area contributed by atoms with Gasteiger partial charge in [0.15, 0.2) is 0 Å². The molecule has 0 aliphatic heterocycles. The summed E-state index contributed by atoms with van der Waals surface area (Å²) in [5.74, 6) is 1.33. The Kier molecular flexibility index (Phi) is 6.04. The van der Waals surface area contributed by atoms with Gasteiger partial charge in [-0.15, -0.1) is 11.3 Å². The molecule has 1 unspecified atom stereocenters. The van der Waals surface area contributed by atoms with E-state index in [-0.39, 0.29) is 11.9 Å². The highest BCUT2D eigenvalue weighted by Crippen LogP contribution is 2.38. The smallest absolute Gasteiger partial charge is 0.261 e. The molecule has 0 fully saturated rings. The van der Waals surface area contributed by atoms with Crippen LogP contribution in [0.1, 0.15) is 59.7 Å². The molecule has 0 saturated carbocycles. The van der Waals surface area contributed by atoms with Gasteiger partial charge in [0, 0.05) is 17.6 Å². The van der Waals surface area contributed by atoms with Crippen LogP contribution in [0, 0.1) is 11.3 Å². The second-order valence-electron chi connectivity index (χ2n) is 9.44. The predicted octanol–water partition coefficient (Wildman–Crippen LogP) is 4.89. The number of hydrogen-bond acceptors (Lipinski definition) is 5. The molecule has 0 radical (unpaired) electrons. The lowest BCUT2D eigenvalue weighted by atomic mass is 9.71. The van der Waals surface area contributed by atoms with Crippen molar-refractivity contribution in [2.45, 2.75) is 46.1 Å². The number of aryl methyl sites for hydroxylation is 1. The molecule has 6 heteroatoms. The normalized spacial score (nSPS) is 17.3. The van der Waals surface area contributed by atoms with Crippen LogP contribution >= 0.6 is 11.3 Å². The Bertz CT molecular complexity index is 1080. The molecule has 1 amide bonds. The van der Waals surface area contributed by atoms with Crippen LogP contribution in [0.2, 0.25) is 0 Å². The number of nitrogens with two attached hydrogens (primary N) is 1. The fraction of sp³-hybridized carbons (Fsp3) is 0.440. The first-order valence-corrected chi connectivity index (χ1v) is 11.7. The summed E-state index contributed by atoms with van der Waals surface area (Å²) in [7, 11) is 1.63. The number of aromatic nitrogens is 1. The lowest BCUT2D eigenvalue weighted by Gasteiger charge is -2.34. The molecule has 0 bridgehead atoms. The fourth-order valence-corrected chi connectivity index (χ4v) is 5.26. The van der Waals surface area contributed by atoms with Crippen LogP contribution in [-0.4, -0.2) is 24.5 Å². The number of nitrogens with one attached hydrogen (secondary N) is 1. The number of rotatable bonds is 5. The van der Waals surface area contributed by atoms with Crippen molar-refractivity contribution in [1.82, 2.24) is 10.3 Å². The maximum Gasteiger partial charge on any atom is 0.261 e. The summed E-state index contributed by atoms with van der Waals surface area (Å²) in [6.45, 7) is 7.28. The van der Waals surface area contributed by atoms with Crippen LogP contribution in [0.25, 0.3) is 10.2 Å². The molecule has 3 aromatic rings. The summed E-state index contributed by atoms with van der Waals surface area (Å²) in [6.07, 6.45) is 3.25. The van der Waals surface area contributed by atoms with E-state index in [1.54, 1.807) is 7.11 Å². The van der Waals surface area contributed by atoms with Gasteiger partial charge >= 0.3 is 0 Å². The number of methoxy groups -OCH3 is 1. The zero-order chi connectivity index (χ0) is 22.2. The van der Waals surface area contributed by atoms with Crippen LogP contribution < -0.4 is 15.8 Å². The number of ether oxygens (including phenoxy) is 1. The number of fused-ring (bicyclic) bond motifs is 2. The highest BCUT2D eigenvalue weighted by Gasteiger charge is 2.29. The number of benzene rings is 1. The van der Waals surface area contributed by atoms with Gasteiger partial charge in [0.2, 0.25) is 0 Å². The molecule has 1 aromatic carbocycles. The summed E-state index contributed by atoms with van der Waals surface area (Å²) >= 11 is 1.45. The molecule has 2 atom stereocenters. The molecule has 1 aliphatic rings. The Labute approximate surface area is 188 Å². The van der Waals surface area contributed by atoms with Gasteiger partial charge in [-0.1, -0.05) is 32.9 Å². The molecule has 0 saturated heterocycles. The van der Waals surface area contributed by atoms with Gasteiger partial charge in [-0.3, -0.25) is 4.79 Å². The monoisotopic (exact) mass is 437 g/mol. The van der Waals surface area contributed by atoms with Gasteiger partial charge in [0.25, 0.3) is 5.91 Å². The topological polar surface area (TPSA) is 77.2 Å². The Morgan fingerprint density at radius 3 is 2.68 bits per heavy atom. The van der Waals surface area contributed by atoms with Gasteiger partial charge in [-0.2, -0.15) is 0 Å². The lowest BCUT2D eigenvalue weighted by molar-refractivity contribution is 0.0942. The van der Waals surface area contributed by atoms with E-state index in [9.17, 15) is 4.79 Å². The molecule has 3 N–H and O–H groups in total. The van der Waals surface area contributed by atoms with Crippen LogP contribution in [0.4, 0.5) is 0 Å². The van der Waals surface area contributed by atoms with E-state index in [4.69, 9.17) is 15.5 Å². The van der Waals surface area contributed by atoms with Crippen LogP contribution in [0.5, 0.6) is 5.75 Å². The van der Waals surface area contributed by atoms with Crippen molar-refractivity contribution in [2.75, 3.05) is 13.7 Å². The maximum absolute atomic E-state index is 13.0. The summed E-state index contributed by atoms with van der Waals surface area (Å²) < 4.78 is 5.21. The number of hydrogen-bond donors (Lipinski definition) is 2. The van der Waals surface area contributed by atoms with Gasteiger partial charge in [0.1, 0.15) is 10.6 Å². The molecule has 2 aromatic heterocycles. The van der Waals surface area contributed by atoms with Crippen molar-refractivity contribution >= 4 is 27.5 Å². The number of nitrogens with zero attached hydrogens (tertiary/aromatic N) is 1. The van der Waals surface area contributed by atoms with E-state index in [1.807, 2.05) is 30.3 Å². The zero-order valence-electron chi connectivity index (χ0n) is 18.7. The van der Waals surface area contributed by atoms with Crippen molar-refractivity contribution < 1.29 is 9.53 Å². The largest absolute Gasteiger partial charge is 0.497 e. The zero-order valence-corrected chi connectivity index (χ0v) is 19.5. The van der Waals surface area contributed by atoms with E-state index in [0.717, 1.165) is 34.4 Å². The minimum absolute atomic E-state index is 0.111. The highest BCUT2D eigenvalue weighted by atomic mass is 32.1. The Morgan fingerprint density at radius 1 is 1.29 bits per heavy atom. The van der Waals surface area contributed by atoms with Gasteiger partial charge in [-0.05, 0) is 66.0 Å². The predicted molar refractivity (Wildman–Crippen MR) is 127 cm³/mol. The molecule has 4 rings (SSSR count). The molecule has 5 nitrogen and oxygen atoms in total. The molecule has 164 valence electrons. The third-order valence-electron chi connectivity index (χ3n) is 6.38. The molecular formula is C25H31N3O2S.